The van der Waals surface area contributed by atoms with E-state index in [9.17, 15) is 13.5 Å². The van der Waals surface area contributed by atoms with Crippen LogP contribution in [-0.4, -0.2) is 19.6 Å². The third-order valence-corrected chi connectivity index (χ3v) is 5.66. The molecule has 0 heterocycles. The van der Waals surface area contributed by atoms with Gasteiger partial charge in [-0.05, 0) is 37.3 Å². The lowest BCUT2D eigenvalue weighted by Crippen LogP contribution is -2.40. The average Bonchev–Trinajstić information content (AvgIpc) is 2.46. The van der Waals surface area contributed by atoms with Crippen LogP contribution in [0.1, 0.15) is 45.4 Å². The fourth-order valence-corrected chi connectivity index (χ4v) is 4.48. The predicted octanol–water partition coefficient (Wildman–Crippen LogP) is 3.03. The van der Waals surface area contributed by atoms with Crippen molar-refractivity contribution in [3.8, 4) is 5.75 Å². The van der Waals surface area contributed by atoms with Crippen molar-refractivity contribution in [2.75, 3.05) is 0 Å². The van der Waals surface area contributed by atoms with Crippen molar-refractivity contribution in [3.05, 3.63) is 24.3 Å². The Morgan fingerprint density at radius 3 is 2.50 bits per heavy atom. The highest BCUT2D eigenvalue weighted by Crippen LogP contribution is 2.29. The van der Waals surface area contributed by atoms with Crippen LogP contribution in [0.4, 0.5) is 0 Å². The number of phenols is 1. The molecule has 1 aromatic rings. The summed E-state index contributed by atoms with van der Waals surface area (Å²) in [6, 6.07) is 6.03. The highest BCUT2D eigenvalue weighted by molar-refractivity contribution is 7.89. The Balaban J connectivity index is 2.15. The molecule has 1 aromatic carbocycles. The molecule has 112 valence electrons. The molecule has 0 bridgehead atoms. The molecular formula is C15H23NO3S. The maximum atomic E-state index is 12.4. The first-order valence-corrected chi connectivity index (χ1v) is 8.83. The molecule has 2 N–H and O–H groups in total. The summed E-state index contributed by atoms with van der Waals surface area (Å²) >= 11 is 0. The predicted molar refractivity (Wildman–Crippen MR) is 79.1 cm³/mol. The molecule has 0 aliphatic heterocycles. The third-order valence-electron chi connectivity index (χ3n) is 4.12. The van der Waals surface area contributed by atoms with E-state index >= 15 is 0 Å². The molecule has 1 unspecified atom stereocenters. The van der Waals surface area contributed by atoms with Gasteiger partial charge in [0.2, 0.25) is 10.0 Å². The number of aromatic hydroxyl groups is 1. The van der Waals surface area contributed by atoms with Gasteiger partial charge in [-0.15, -0.1) is 0 Å². The summed E-state index contributed by atoms with van der Waals surface area (Å²) in [6.07, 6.45) is 6.55. The molecule has 0 radical (unpaired) electrons. The van der Waals surface area contributed by atoms with E-state index in [1.54, 1.807) is 12.1 Å². The van der Waals surface area contributed by atoms with Crippen LogP contribution in [0.25, 0.3) is 0 Å². The maximum absolute atomic E-state index is 12.4. The molecular weight excluding hydrogens is 274 g/mol. The van der Waals surface area contributed by atoms with E-state index in [0.717, 1.165) is 19.3 Å². The molecule has 1 aliphatic rings. The van der Waals surface area contributed by atoms with Gasteiger partial charge in [-0.3, -0.25) is 0 Å². The standard InChI is InChI=1S/C15H23NO3S/c1-2-13(12-8-4-3-5-9-12)16-20(18,19)15-11-7-6-10-14(15)17/h6-7,10-13,16-17H,2-5,8-9H2,1H3. The molecule has 4 nitrogen and oxygen atoms in total. The van der Waals surface area contributed by atoms with Crippen LogP contribution in [-0.2, 0) is 10.0 Å². The fraction of sp³-hybridized carbons (Fsp3) is 0.600. The zero-order valence-electron chi connectivity index (χ0n) is 11.9. The van der Waals surface area contributed by atoms with Crippen molar-refractivity contribution in [1.82, 2.24) is 4.72 Å². The van der Waals surface area contributed by atoms with Gasteiger partial charge in [0.25, 0.3) is 0 Å². The van der Waals surface area contributed by atoms with Crippen LogP contribution in [0.5, 0.6) is 5.75 Å². The second-order valence-corrected chi connectivity index (χ2v) is 7.18. The summed E-state index contributed by atoms with van der Waals surface area (Å²) in [7, 11) is -3.65. The Hall–Kier alpha value is -1.07. The number of benzene rings is 1. The first-order chi connectivity index (χ1) is 9.54. The molecule has 0 spiro atoms. The Morgan fingerprint density at radius 2 is 1.90 bits per heavy atom. The highest BCUT2D eigenvalue weighted by atomic mass is 32.2. The first-order valence-electron chi connectivity index (χ1n) is 7.35. The number of sulfonamides is 1. The average molecular weight is 297 g/mol. The van der Waals surface area contributed by atoms with Gasteiger partial charge in [-0.25, -0.2) is 13.1 Å². The molecule has 0 aromatic heterocycles. The van der Waals surface area contributed by atoms with Gasteiger partial charge in [-0.2, -0.15) is 0 Å². The minimum absolute atomic E-state index is 0.0331. The van der Waals surface area contributed by atoms with E-state index in [1.807, 2.05) is 6.92 Å². The summed E-state index contributed by atoms with van der Waals surface area (Å²) in [5.41, 5.74) is 0. The molecule has 5 heteroatoms. The van der Waals surface area contributed by atoms with E-state index in [2.05, 4.69) is 4.72 Å². The molecule has 1 saturated carbocycles. The normalized spacial score (nSPS) is 18.9. The Bertz CT molecular complexity index is 536. The molecule has 1 atom stereocenters. The lowest BCUT2D eigenvalue weighted by atomic mass is 9.83. The fourth-order valence-electron chi connectivity index (χ4n) is 3.00. The number of para-hydroxylation sites is 1. The molecule has 20 heavy (non-hydrogen) atoms. The number of hydrogen-bond donors (Lipinski definition) is 2. The van der Waals surface area contributed by atoms with Crippen molar-refractivity contribution in [2.45, 2.75) is 56.4 Å². The number of phenolic OH excluding ortho intramolecular Hbond substituents is 1. The Kier molecular flexibility index (Phi) is 5.05. The van der Waals surface area contributed by atoms with Gasteiger partial charge in [0.05, 0.1) is 0 Å². The van der Waals surface area contributed by atoms with Crippen molar-refractivity contribution < 1.29 is 13.5 Å². The van der Waals surface area contributed by atoms with Crippen molar-refractivity contribution in [3.63, 3.8) is 0 Å². The summed E-state index contributed by atoms with van der Waals surface area (Å²) in [5, 5.41) is 9.72. The van der Waals surface area contributed by atoms with Crippen LogP contribution in [0, 0.1) is 5.92 Å². The van der Waals surface area contributed by atoms with Gasteiger partial charge in [0, 0.05) is 6.04 Å². The van der Waals surface area contributed by atoms with E-state index in [4.69, 9.17) is 0 Å². The lowest BCUT2D eigenvalue weighted by Gasteiger charge is -2.30. The number of rotatable bonds is 5. The molecule has 1 aliphatic carbocycles. The highest BCUT2D eigenvalue weighted by Gasteiger charge is 2.28. The van der Waals surface area contributed by atoms with Crippen molar-refractivity contribution >= 4 is 10.0 Å². The summed E-state index contributed by atoms with van der Waals surface area (Å²) in [5.74, 6) is 0.216. The Morgan fingerprint density at radius 1 is 1.25 bits per heavy atom. The number of nitrogens with one attached hydrogen (secondary N) is 1. The lowest BCUT2D eigenvalue weighted by molar-refractivity contribution is 0.285. The zero-order valence-corrected chi connectivity index (χ0v) is 12.7. The SMILES string of the molecule is CCC(NS(=O)(=O)c1ccccc1O)C1CCCCC1. The van der Waals surface area contributed by atoms with Crippen LogP contribution in [0.15, 0.2) is 29.2 Å². The third kappa shape index (κ3) is 3.52. The summed E-state index contributed by atoms with van der Waals surface area (Å²) in [6.45, 7) is 2.01. The van der Waals surface area contributed by atoms with Crippen molar-refractivity contribution in [2.24, 2.45) is 5.92 Å². The first kappa shape index (κ1) is 15.3. The monoisotopic (exact) mass is 297 g/mol. The van der Waals surface area contributed by atoms with E-state index in [-0.39, 0.29) is 16.7 Å². The van der Waals surface area contributed by atoms with E-state index in [0.29, 0.717) is 5.92 Å². The summed E-state index contributed by atoms with van der Waals surface area (Å²) in [4.78, 5) is -0.0331. The second kappa shape index (κ2) is 6.59. The van der Waals surface area contributed by atoms with Gasteiger partial charge >= 0.3 is 0 Å². The van der Waals surface area contributed by atoms with Crippen LogP contribution >= 0.6 is 0 Å². The maximum Gasteiger partial charge on any atom is 0.244 e. The van der Waals surface area contributed by atoms with Crippen LogP contribution in [0.2, 0.25) is 0 Å². The van der Waals surface area contributed by atoms with E-state index in [1.165, 1.54) is 31.4 Å². The van der Waals surface area contributed by atoms with Crippen LogP contribution in [0.3, 0.4) is 0 Å². The Labute approximate surface area is 121 Å². The number of hydrogen-bond acceptors (Lipinski definition) is 3. The smallest absolute Gasteiger partial charge is 0.244 e. The van der Waals surface area contributed by atoms with Gasteiger partial charge in [-0.1, -0.05) is 38.3 Å². The molecule has 2 rings (SSSR count). The topological polar surface area (TPSA) is 66.4 Å². The second-order valence-electron chi connectivity index (χ2n) is 5.50. The minimum Gasteiger partial charge on any atom is -0.507 e. The zero-order chi connectivity index (χ0) is 14.6. The van der Waals surface area contributed by atoms with E-state index < -0.39 is 10.0 Å². The quantitative estimate of drug-likeness (QED) is 0.878. The van der Waals surface area contributed by atoms with Crippen LogP contribution < -0.4 is 4.72 Å². The largest absolute Gasteiger partial charge is 0.507 e. The summed E-state index contributed by atoms with van der Waals surface area (Å²) < 4.78 is 27.6. The minimum atomic E-state index is -3.65. The van der Waals surface area contributed by atoms with Gasteiger partial charge in [0.15, 0.2) is 0 Å². The molecule has 0 amide bonds. The molecule has 0 saturated heterocycles. The van der Waals surface area contributed by atoms with Gasteiger partial charge in [0.1, 0.15) is 10.6 Å². The van der Waals surface area contributed by atoms with Gasteiger partial charge < -0.3 is 5.11 Å². The molecule has 1 fully saturated rings. The van der Waals surface area contributed by atoms with Crippen molar-refractivity contribution in [1.29, 1.82) is 0 Å².